The Morgan fingerprint density at radius 2 is 1.75 bits per heavy atom. The van der Waals surface area contributed by atoms with Crippen LogP contribution in [0.1, 0.15) is 15.2 Å². The van der Waals surface area contributed by atoms with E-state index in [2.05, 4.69) is 54.7 Å². The highest BCUT2D eigenvalue weighted by Gasteiger charge is 2.16. The molecule has 0 atom stereocenters. The molecule has 2 aromatic carbocycles. The molecule has 0 bridgehead atoms. The number of rotatable bonds is 11. The molecule has 0 saturated carbocycles. The Morgan fingerprint density at radius 1 is 0.975 bits per heavy atom. The van der Waals surface area contributed by atoms with Crippen LogP contribution in [0.25, 0.3) is 10.6 Å². The molecule has 3 heterocycles. The van der Waals surface area contributed by atoms with Crippen molar-refractivity contribution >= 4 is 34.6 Å². The molecule has 4 aromatic rings. The smallest absolute Gasteiger partial charge is 0.265 e. The number of carbonyl (C=O) groups is 1. The van der Waals surface area contributed by atoms with Crippen LogP contribution in [0, 0.1) is 0 Å². The molecule has 208 valence electrons. The summed E-state index contributed by atoms with van der Waals surface area (Å²) in [5.41, 5.74) is 3.63. The second-order valence-electron chi connectivity index (χ2n) is 9.59. The number of nitrogens with zero attached hydrogens (tertiary/aromatic N) is 4. The highest BCUT2D eigenvalue weighted by Crippen LogP contribution is 2.28. The number of β-amino-alcohol motifs (C(OH)–C–C–N with tert-alkyl or cyclic N) is 1. The molecule has 0 unspecified atom stereocenters. The number of hydrogen-bond donors (Lipinski definition) is 3. The van der Waals surface area contributed by atoms with Crippen LogP contribution in [0.5, 0.6) is 5.75 Å². The quantitative estimate of drug-likeness (QED) is 0.250. The number of amides is 1. The van der Waals surface area contributed by atoms with E-state index in [4.69, 9.17) is 9.84 Å². The zero-order valence-corrected chi connectivity index (χ0v) is 23.4. The van der Waals surface area contributed by atoms with E-state index in [1.807, 2.05) is 30.3 Å². The summed E-state index contributed by atoms with van der Waals surface area (Å²) in [6, 6.07) is 21.2. The monoisotopic (exact) mass is 558 g/mol. The first-order valence-electron chi connectivity index (χ1n) is 13.4. The number of nitrogens with one attached hydrogen (secondary N) is 2. The second-order valence-corrected chi connectivity index (χ2v) is 10.7. The second kappa shape index (κ2) is 13.5. The largest absolute Gasteiger partial charge is 0.497 e. The van der Waals surface area contributed by atoms with E-state index in [9.17, 15) is 4.79 Å². The van der Waals surface area contributed by atoms with E-state index in [0.29, 0.717) is 22.3 Å². The first kappa shape index (κ1) is 27.7. The van der Waals surface area contributed by atoms with Crippen molar-refractivity contribution in [2.45, 2.75) is 6.42 Å². The summed E-state index contributed by atoms with van der Waals surface area (Å²) in [6.07, 6.45) is 2.72. The molecular formula is C30H34N6O3S. The van der Waals surface area contributed by atoms with Gasteiger partial charge in [-0.15, -0.1) is 11.3 Å². The maximum Gasteiger partial charge on any atom is 0.265 e. The summed E-state index contributed by atoms with van der Waals surface area (Å²) in [4.78, 5) is 28.1. The molecule has 1 amide bonds. The third-order valence-corrected chi connectivity index (χ3v) is 7.98. The van der Waals surface area contributed by atoms with Crippen molar-refractivity contribution in [1.29, 1.82) is 0 Å². The van der Waals surface area contributed by atoms with Gasteiger partial charge in [0.05, 0.1) is 29.2 Å². The number of methoxy groups -OCH3 is 1. The molecule has 9 nitrogen and oxygen atoms in total. The molecular weight excluding hydrogens is 524 g/mol. The molecule has 10 heteroatoms. The topological polar surface area (TPSA) is 103 Å². The summed E-state index contributed by atoms with van der Waals surface area (Å²) in [6.45, 7) is 6.17. The minimum atomic E-state index is -0.180. The number of carbonyl (C=O) groups excluding carboxylic acids is 1. The Morgan fingerprint density at radius 3 is 2.50 bits per heavy atom. The maximum atomic E-state index is 12.8. The third-order valence-electron chi connectivity index (χ3n) is 6.87. The van der Waals surface area contributed by atoms with Gasteiger partial charge in [-0.05, 0) is 54.4 Å². The lowest BCUT2D eigenvalue weighted by Crippen LogP contribution is -2.47. The van der Waals surface area contributed by atoms with Crippen molar-refractivity contribution in [3.8, 4) is 16.3 Å². The first-order chi connectivity index (χ1) is 19.6. The summed E-state index contributed by atoms with van der Waals surface area (Å²) in [5.74, 6) is 1.01. The number of thiophene rings is 1. The van der Waals surface area contributed by atoms with E-state index in [0.717, 1.165) is 61.9 Å². The van der Waals surface area contributed by atoms with Crippen molar-refractivity contribution in [2.24, 2.45) is 0 Å². The standard InChI is InChI=1S/C30H34N6O3S/c1-39-25-4-2-3-24(21-25)32-29(38)28-10-9-27(40-28)26-11-13-31-30(34-26)33-23-7-5-22(6-8-23)12-14-35-15-17-36(18-16-35)19-20-37/h2-11,13,21,37H,12,14-20H2,1H3,(H,32,38)(H,31,33,34). The van der Waals surface area contributed by atoms with E-state index < -0.39 is 0 Å². The Balaban J connectivity index is 1.15. The molecule has 0 radical (unpaired) electrons. The van der Waals surface area contributed by atoms with Crippen LogP contribution in [0.4, 0.5) is 17.3 Å². The first-order valence-corrected chi connectivity index (χ1v) is 14.2. The molecule has 1 fully saturated rings. The highest BCUT2D eigenvalue weighted by molar-refractivity contribution is 7.17. The number of hydrogen-bond acceptors (Lipinski definition) is 9. The van der Waals surface area contributed by atoms with E-state index >= 15 is 0 Å². The van der Waals surface area contributed by atoms with Crippen LogP contribution in [-0.2, 0) is 6.42 Å². The van der Waals surface area contributed by atoms with Crippen molar-refractivity contribution in [2.75, 3.05) is 63.6 Å². The van der Waals surface area contributed by atoms with Gasteiger partial charge in [-0.1, -0.05) is 18.2 Å². The molecule has 0 aliphatic carbocycles. The van der Waals surface area contributed by atoms with Gasteiger partial charge >= 0.3 is 0 Å². The molecule has 3 N–H and O–H groups in total. The number of aliphatic hydroxyl groups is 1. The van der Waals surface area contributed by atoms with Gasteiger partial charge in [0.25, 0.3) is 5.91 Å². The number of piperazine rings is 1. The zero-order chi connectivity index (χ0) is 27.7. The third kappa shape index (κ3) is 7.42. The number of aromatic nitrogens is 2. The van der Waals surface area contributed by atoms with Gasteiger partial charge in [-0.2, -0.15) is 0 Å². The van der Waals surface area contributed by atoms with E-state index in [-0.39, 0.29) is 12.5 Å². The Hall–Kier alpha value is -3.83. The molecule has 2 aromatic heterocycles. The molecule has 0 spiro atoms. The van der Waals surface area contributed by atoms with Crippen molar-refractivity contribution in [1.82, 2.24) is 19.8 Å². The summed E-state index contributed by atoms with van der Waals surface area (Å²) in [7, 11) is 1.60. The molecule has 5 rings (SSSR count). The zero-order valence-electron chi connectivity index (χ0n) is 22.5. The number of benzene rings is 2. The molecule has 1 aliphatic rings. The van der Waals surface area contributed by atoms with Crippen LogP contribution >= 0.6 is 11.3 Å². The van der Waals surface area contributed by atoms with Crippen molar-refractivity contribution in [3.63, 3.8) is 0 Å². The fourth-order valence-electron chi connectivity index (χ4n) is 4.60. The Labute approximate surface area is 238 Å². The fraction of sp³-hybridized carbons (Fsp3) is 0.300. The Bertz CT molecular complexity index is 1400. The molecule has 1 aliphatic heterocycles. The number of anilines is 3. The van der Waals surface area contributed by atoms with E-state index in [1.165, 1.54) is 16.9 Å². The lowest BCUT2D eigenvalue weighted by molar-refractivity contribution is 0.103. The van der Waals surface area contributed by atoms with Crippen LogP contribution in [-0.4, -0.2) is 83.8 Å². The lowest BCUT2D eigenvalue weighted by Gasteiger charge is -2.34. The average molecular weight is 559 g/mol. The van der Waals surface area contributed by atoms with Gasteiger partial charge < -0.3 is 25.4 Å². The van der Waals surface area contributed by atoms with Gasteiger partial charge in [0, 0.05) is 62.9 Å². The van der Waals surface area contributed by atoms with Crippen molar-refractivity contribution < 1.29 is 14.6 Å². The van der Waals surface area contributed by atoms with Gasteiger partial charge in [0.2, 0.25) is 5.95 Å². The SMILES string of the molecule is COc1cccc(NC(=O)c2ccc(-c3ccnc(Nc4ccc(CCN5CCN(CCO)CC5)cc4)n3)s2)c1. The summed E-state index contributed by atoms with van der Waals surface area (Å²) < 4.78 is 5.23. The molecule has 1 saturated heterocycles. The van der Waals surface area contributed by atoms with Gasteiger partial charge in [0.1, 0.15) is 5.75 Å². The molecule has 40 heavy (non-hydrogen) atoms. The van der Waals surface area contributed by atoms with Crippen molar-refractivity contribution in [3.05, 3.63) is 83.4 Å². The van der Waals surface area contributed by atoms with Crippen LogP contribution in [0.2, 0.25) is 0 Å². The lowest BCUT2D eigenvalue weighted by atomic mass is 10.1. The van der Waals surface area contributed by atoms with Crippen LogP contribution in [0.15, 0.2) is 72.9 Å². The Kier molecular flexibility index (Phi) is 9.35. The predicted octanol–water partition coefficient (Wildman–Crippen LogP) is 4.36. The summed E-state index contributed by atoms with van der Waals surface area (Å²) >= 11 is 1.38. The number of ether oxygens (including phenoxy) is 1. The minimum Gasteiger partial charge on any atom is -0.497 e. The fourth-order valence-corrected chi connectivity index (χ4v) is 5.47. The highest BCUT2D eigenvalue weighted by atomic mass is 32.1. The van der Waals surface area contributed by atoms with Crippen LogP contribution in [0.3, 0.4) is 0 Å². The van der Waals surface area contributed by atoms with Gasteiger partial charge in [0.15, 0.2) is 0 Å². The van der Waals surface area contributed by atoms with E-state index in [1.54, 1.807) is 25.4 Å². The van der Waals surface area contributed by atoms with Gasteiger partial charge in [-0.3, -0.25) is 9.69 Å². The predicted molar refractivity (Wildman–Crippen MR) is 160 cm³/mol. The maximum absolute atomic E-state index is 12.8. The van der Waals surface area contributed by atoms with Gasteiger partial charge in [-0.25, -0.2) is 9.97 Å². The number of aliphatic hydroxyl groups excluding tert-OH is 1. The normalized spacial score (nSPS) is 14.2. The average Bonchev–Trinajstić information content (AvgIpc) is 3.49. The van der Waals surface area contributed by atoms with Crippen LogP contribution < -0.4 is 15.4 Å². The summed E-state index contributed by atoms with van der Waals surface area (Å²) in [5, 5.41) is 15.3. The minimum absolute atomic E-state index is 0.180.